The fourth-order valence-corrected chi connectivity index (χ4v) is 9.78. The van der Waals surface area contributed by atoms with E-state index in [1.54, 1.807) is 5.57 Å². The molecule has 0 bridgehead atoms. The molecule has 0 aromatic heterocycles. The molecule has 31 heavy (non-hydrogen) atoms. The maximum absolute atomic E-state index is 11.7. The van der Waals surface area contributed by atoms with Gasteiger partial charge < -0.3 is 10.2 Å². The van der Waals surface area contributed by atoms with Crippen molar-refractivity contribution in [3.8, 4) is 0 Å². The third kappa shape index (κ3) is 2.70. The molecule has 2 heteroatoms. The van der Waals surface area contributed by atoms with Crippen LogP contribution in [0.25, 0.3) is 0 Å². The molecule has 5 aliphatic carbocycles. The summed E-state index contributed by atoms with van der Waals surface area (Å²) in [6.45, 7) is 17.0. The van der Waals surface area contributed by atoms with E-state index in [0.29, 0.717) is 23.2 Å². The Labute approximate surface area is 190 Å². The second kappa shape index (κ2) is 6.29. The zero-order valence-corrected chi connectivity index (χ0v) is 21.1. The molecule has 3 fully saturated rings. The third-order valence-electron chi connectivity index (χ3n) is 12.0. The van der Waals surface area contributed by atoms with Crippen LogP contribution < -0.4 is 0 Å². The van der Waals surface area contributed by atoms with Crippen LogP contribution >= 0.6 is 0 Å². The van der Waals surface area contributed by atoms with Crippen LogP contribution in [-0.2, 0) is 0 Å². The lowest BCUT2D eigenvalue weighted by atomic mass is 9.34. The average Bonchev–Trinajstić information content (AvgIpc) is 2.67. The van der Waals surface area contributed by atoms with Gasteiger partial charge in [0, 0.05) is 11.3 Å². The van der Waals surface area contributed by atoms with Crippen LogP contribution in [0.3, 0.4) is 0 Å². The van der Waals surface area contributed by atoms with Gasteiger partial charge in [0.15, 0.2) is 0 Å². The van der Waals surface area contributed by atoms with Gasteiger partial charge in [0.05, 0.1) is 11.7 Å². The Morgan fingerprint density at radius 1 is 0.871 bits per heavy atom. The molecule has 174 valence electrons. The molecule has 0 aromatic carbocycles. The molecular formula is C29H46O2. The van der Waals surface area contributed by atoms with Crippen molar-refractivity contribution in [1.82, 2.24) is 0 Å². The van der Waals surface area contributed by atoms with E-state index in [1.807, 2.05) is 0 Å². The van der Waals surface area contributed by atoms with Crippen molar-refractivity contribution in [2.75, 3.05) is 0 Å². The van der Waals surface area contributed by atoms with E-state index in [9.17, 15) is 10.2 Å². The van der Waals surface area contributed by atoms with Gasteiger partial charge in [-0.15, -0.1) is 0 Å². The summed E-state index contributed by atoms with van der Waals surface area (Å²) in [4.78, 5) is 0. The van der Waals surface area contributed by atoms with E-state index in [4.69, 9.17) is 0 Å². The Kier molecular flexibility index (Phi) is 4.51. The first-order valence-electron chi connectivity index (χ1n) is 13.0. The number of allylic oxidation sites excluding steroid dienone is 2. The summed E-state index contributed by atoms with van der Waals surface area (Å²) >= 11 is 0. The van der Waals surface area contributed by atoms with Crippen molar-refractivity contribution >= 4 is 0 Å². The molecule has 5 aliphatic rings. The summed E-state index contributed by atoms with van der Waals surface area (Å²) in [7, 11) is 0. The van der Waals surface area contributed by atoms with E-state index in [2.05, 4.69) is 66.7 Å². The Morgan fingerprint density at radius 3 is 2.26 bits per heavy atom. The summed E-state index contributed by atoms with van der Waals surface area (Å²) in [6.07, 6.45) is 15.3. The molecule has 4 unspecified atom stereocenters. The van der Waals surface area contributed by atoms with Gasteiger partial charge in [-0.3, -0.25) is 0 Å². The van der Waals surface area contributed by atoms with E-state index >= 15 is 0 Å². The highest BCUT2D eigenvalue weighted by molar-refractivity contribution is 5.35. The SMILES string of the molecule is CC1(C)CC[C@]2(O)CC[C@@]3(C)C(=CCC4[C@@]5(C)C(O)C=CC(C)(C)C5CC[C@]43C)C2C1. The summed E-state index contributed by atoms with van der Waals surface area (Å²) in [6, 6.07) is 0. The summed E-state index contributed by atoms with van der Waals surface area (Å²) in [5.74, 6) is 1.31. The van der Waals surface area contributed by atoms with Crippen LogP contribution in [0.15, 0.2) is 23.8 Å². The summed E-state index contributed by atoms with van der Waals surface area (Å²) in [5.41, 5.74) is 1.74. The molecule has 2 N–H and O–H groups in total. The highest BCUT2D eigenvalue weighted by atomic mass is 16.3. The van der Waals surface area contributed by atoms with Gasteiger partial charge in [0.25, 0.3) is 0 Å². The maximum Gasteiger partial charge on any atom is 0.0780 e. The van der Waals surface area contributed by atoms with Crippen molar-refractivity contribution in [2.45, 2.75) is 112 Å². The first-order chi connectivity index (χ1) is 14.2. The monoisotopic (exact) mass is 426 g/mol. The molecule has 0 aromatic rings. The topological polar surface area (TPSA) is 40.5 Å². The zero-order valence-electron chi connectivity index (χ0n) is 21.1. The third-order valence-corrected chi connectivity index (χ3v) is 12.0. The van der Waals surface area contributed by atoms with Crippen molar-refractivity contribution < 1.29 is 10.2 Å². The second-order valence-electron chi connectivity index (χ2n) is 14.3. The molecule has 0 radical (unpaired) electrons. The fourth-order valence-electron chi connectivity index (χ4n) is 9.78. The van der Waals surface area contributed by atoms with Gasteiger partial charge in [-0.2, -0.15) is 0 Å². The largest absolute Gasteiger partial charge is 0.389 e. The lowest BCUT2D eigenvalue weighted by molar-refractivity contribution is -0.198. The van der Waals surface area contributed by atoms with Gasteiger partial charge in [0.2, 0.25) is 0 Å². The van der Waals surface area contributed by atoms with Crippen molar-refractivity contribution in [3.05, 3.63) is 23.8 Å². The Morgan fingerprint density at radius 2 is 1.55 bits per heavy atom. The second-order valence-corrected chi connectivity index (χ2v) is 14.3. The summed E-state index contributed by atoms with van der Waals surface area (Å²) in [5, 5.41) is 23.1. The Bertz CT molecular complexity index is 836. The summed E-state index contributed by atoms with van der Waals surface area (Å²) < 4.78 is 0. The minimum Gasteiger partial charge on any atom is -0.389 e. The molecule has 5 rings (SSSR count). The van der Waals surface area contributed by atoms with E-state index in [0.717, 1.165) is 38.5 Å². The number of rotatable bonds is 0. The van der Waals surface area contributed by atoms with Crippen LogP contribution in [0.1, 0.15) is 99.8 Å². The lowest BCUT2D eigenvalue weighted by Gasteiger charge is -2.70. The predicted octanol–water partition coefficient (Wildman–Crippen LogP) is 6.67. The van der Waals surface area contributed by atoms with Crippen LogP contribution in [-0.4, -0.2) is 21.9 Å². The number of aliphatic hydroxyl groups is 2. The van der Waals surface area contributed by atoms with Gasteiger partial charge in [-0.25, -0.2) is 0 Å². The van der Waals surface area contributed by atoms with Crippen molar-refractivity contribution in [2.24, 2.45) is 44.8 Å². The Balaban J connectivity index is 1.61. The molecule has 8 atom stereocenters. The molecule has 0 amide bonds. The molecule has 0 heterocycles. The molecule has 0 saturated heterocycles. The van der Waals surface area contributed by atoms with Crippen LogP contribution in [0.2, 0.25) is 0 Å². The first-order valence-corrected chi connectivity index (χ1v) is 13.0. The first kappa shape index (κ1) is 22.2. The minimum atomic E-state index is -0.500. The number of hydrogen-bond acceptors (Lipinski definition) is 2. The lowest BCUT2D eigenvalue weighted by Crippen LogP contribution is -2.66. The van der Waals surface area contributed by atoms with Crippen molar-refractivity contribution in [3.63, 3.8) is 0 Å². The fraction of sp³-hybridized carbons (Fsp3) is 0.862. The van der Waals surface area contributed by atoms with Crippen LogP contribution in [0.4, 0.5) is 0 Å². The highest BCUT2D eigenvalue weighted by Crippen LogP contribution is 2.74. The van der Waals surface area contributed by atoms with Crippen LogP contribution in [0.5, 0.6) is 0 Å². The van der Waals surface area contributed by atoms with Gasteiger partial charge in [-0.05, 0) is 84.9 Å². The normalized spacial score (nSPS) is 54.7. The molecule has 3 saturated carbocycles. The molecule has 0 spiro atoms. The van der Waals surface area contributed by atoms with E-state index in [-0.39, 0.29) is 27.8 Å². The number of fused-ring (bicyclic) bond motifs is 7. The smallest absolute Gasteiger partial charge is 0.0780 e. The Hall–Kier alpha value is -0.600. The van der Waals surface area contributed by atoms with E-state index in [1.165, 1.54) is 12.8 Å². The van der Waals surface area contributed by atoms with Crippen molar-refractivity contribution in [1.29, 1.82) is 0 Å². The molecule has 2 nitrogen and oxygen atoms in total. The maximum atomic E-state index is 11.7. The van der Waals surface area contributed by atoms with Crippen LogP contribution in [0, 0.1) is 44.8 Å². The standard InChI is InChI=1S/C29H46O2/c1-24(2)14-16-29(31)17-15-26(5)19(20(29)18-24)8-9-22-27(26,6)13-10-21-25(3,4)12-11-23(30)28(21,22)7/h8,11-12,20-23,30-31H,9-10,13-18H2,1-7H3/t20?,21?,22?,23?,26-,27+,28-,29-/m0/s1. The molecule has 0 aliphatic heterocycles. The predicted molar refractivity (Wildman–Crippen MR) is 127 cm³/mol. The number of aliphatic hydroxyl groups excluding tert-OH is 1. The quantitative estimate of drug-likeness (QED) is 0.425. The zero-order chi connectivity index (χ0) is 22.7. The minimum absolute atomic E-state index is 0.0874. The highest BCUT2D eigenvalue weighted by Gasteiger charge is 2.68. The van der Waals surface area contributed by atoms with Gasteiger partial charge in [0.1, 0.15) is 0 Å². The van der Waals surface area contributed by atoms with Gasteiger partial charge in [-0.1, -0.05) is 72.3 Å². The molecular weight excluding hydrogens is 380 g/mol. The number of hydrogen-bond donors (Lipinski definition) is 2. The van der Waals surface area contributed by atoms with Gasteiger partial charge >= 0.3 is 0 Å². The van der Waals surface area contributed by atoms with E-state index < -0.39 is 5.60 Å². The average molecular weight is 427 g/mol.